The Labute approximate surface area is 221 Å². The number of nitrogens with zero attached hydrogens (tertiary/aromatic N) is 2. The molecule has 36 heavy (non-hydrogen) atoms. The second-order valence-electron chi connectivity index (χ2n) is 8.65. The standard InChI is InChI=1S/C27H30BrN3O4S/c1-20(2)29-27(33)21(3)30(18-22-11-10-12-23(28)17-22)26(32)19-31(24-13-6-4-7-14-24)36(34,35)25-15-8-5-9-16-25/h4-17,20-21H,18-19H2,1-3H3,(H,29,33). The van der Waals surface area contributed by atoms with Crippen molar-refractivity contribution >= 4 is 43.5 Å². The molecule has 190 valence electrons. The first-order chi connectivity index (χ1) is 17.1. The van der Waals surface area contributed by atoms with E-state index in [2.05, 4.69) is 21.2 Å². The summed E-state index contributed by atoms with van der Waals surface area (Å²) in [6.07, 6.45) is 0. The van der Waals surface area contributed by atoms with Crippen molar-refractivity contribution in [1.82, 2.24) is 10.2 Å². The quantitative estimate of drug-likeness (QED) is 0.385. The number of rotatable bonds is 10. The first-order valence-electron chi connectivity index (χ1n) is 11.6. The molecule has 0 fully saturated rings. The third-order valence-electron chi connectivity index (χ3n) is 5.49. The maximum absolute atomic E-state index is 13.8. The van der Waals surface area contributed by atoms with Crippen LogP contribution >= 0.6 is 15.9 Å². The second-order valence-corrected chi connectivity index (χ2v) is 11.4. The van der Waals surface area contributed by atoms with Crippen molar-refractivity contribution in [3.63, 3.8) is 0 Å². The van der Waals surface area contributed by atoms with Gasteiger partial charge in [-0.25, -0.2) is 8.42 Å². The number of sulfonamides is 1. The minimum absolute atomic E-state index is 0.0748. The molecule has 0 saturated carbocycles. The zero-order valence-electron chi connectivity index (χ0n) is 20.5. The fourth-order valence-corrected chi connectivity index (χ4v) is 5.54. The summed E-state index contributed by atoms with van der Waals surface area (Å²) >= 11 is 3.44. The van der Waals surface area contributed by atoms with Crippen LogP contribution in [-0.4, -0.2) is 43.8 Å². The minimum atomic E-state index is -4.05. The van der Waals surface area contributed by atoms with Crippen LogP contribution in [0.4, 0.5) is 5.69 Å². The van der Waals surface area contributed by atoms with Crippen molar-refractivity contribution in [2.75, 3.05) is 10.8 Å². The molecule has 9 heteroatoms. The molecule has 0 aliphatic heterocycles. The number of carbonyl (C=O) groups excluding carboxylic acids is 2. The van der Waals surface area contributed by atoms with Crippen molar-refractivity contribution in [3.05, 3.63) is 95.0 Å². The Kier molecular flexibility index (Phi) is 9.28. The number of hydrogen-bond donors (Lipinski definition) is 1. The van der Waals surface area contributed by atoms with E-state index in [9.17, 15) is 18.0 Å². The summed E-state index contributed by atoms with van der Waals surface area (Å²) in [5, 5.41) is 2.84. The molecular formula is C27H30BrN3O4S. The van der Waals surface area contributed by atoms with Crippen molar-refractivity contribution in [2.24, 2.45) is 0 Å². The lowest BCUT2D eigenvalue weighted by Crippen LogP contribution is -2.52. The Bertz CT molecular complexity index is 1280. The summed E-state index contributed by atoms with van der Waals surface area (Å²) in [6.45, 7) is 5.00. The number of nitrogens with one attached hydrogen (secondary N) is 1. The van der Waals surface area contributed by atoms with Gasteiger partial charge in [-0.15, -0.1) is 0 Å². The predicted molar refractivity (Wildman–Crippen MR) is 145 cm³/mol. The first kappa shape index (κ1) is 27.4. The van der Waals surface area contributed by atoms with Crippen LogP contribution in [0.3, 0.4) is 0 Å². The molecule has 0 aromatic heterocycles. The Morgan fingerprint density at radius 3 is 2.08 bits per heavy atom. The highest BCUT2D eigenvalue weighted by molar-refractivity contribution is 9.10. The van der Waals surface area contributed by atoms with Crippen molar-refractivity contribution in [1.29, 1.82) is 0 Å². The van der Waals surface area contributed by atoms with E-state index in [0.29, 0.717) is 5.69 Å². The lowest BCUT2D eigenvalue weighted by molar-refractivity contribution is -0.139. The molecule has 0 radical (unpaired) electrons. The molecule has 1 unspecified atom stereocenters. The zero-order chi connectivity index (χ0) is 26.3. The average molecular weight is 573 g/mol. The van der Waals surface area contributed by atoms with E-state index >= 15 is 0 Å². The van der Waals surface area contributed by atoms with Crippen molar-refractivity contribution in [2.45, 2.75) is 44.3 Å². The van der Waals surface area contributed by atoms with Crippen LogP contribution < -0.4 is 9.62 Å². The Balaban J connectivity index is 1.99. The van der Waals surface area contributed by atoms with Gasteiger partial charge in [-0.3, -0.25) is 13.9 Å². The highest BCUT2D eigenvalue weighted by atomic mass is 79.9. The number of carbonyl (C=O) groups is 2. The Morgan fingerprint density at radius 2 is 1.50 bits per heavy atom. The molecule has 0 aliphatic rings. The molecule has 3 rings (SSSR count). The molecule has 0 heterocycles. The van der Waals surface area contributed by atoms with Gasteiger partial charge in [0.05, 0.1) is 10.6 Å². The van der Waals surface area contributed by atoms with E-state index in [1.54, 1.807) is 55.5 Å². The molecule has 3 aromatic carbocycles. The van der Waals surface area contributed by atoms with Gasteiger partial charge in [0.2, 0.25) is 11.8 Å². The molecule has 1 N–H and O–H groups in total. The maximum Gasteiger partial charge on any atom is 0.264 e. The van der Waals surface area contributed by atoms with Gasteiger partial charge in [0, 0.05) is 17.1 Å². The largest absolute Gasteiger partial charge is 0.352 e. The molecule has 1 atom stereocenters. The van der Waals surface area contributed by atoms with Crippen molar-refractivity contribution in [3.8, 4) is 0 Å². The molecular weight excluding hydrogens is 542 g/mol. The van der Waals surface area contributed by atoms with Crippen LogP contribution in [0.2, 0.25) is 0 Å². The number of hydrogen-bond acceptors (Lipinski definition) is 4. The second kappa shape index (κ2) is 12.2. The SMILES string of the molecule is CC(C)NC(=O)C(C)N(Cc1cccc(Br)c1)C(=O)CN(c1ccccc1)S(=O)(=O)c1ccccc1. The molecule has 0 aliphatic carbocycles. The lowest BCUT2D eigenvalue weighted by atomic mass is 10.1. The van der Waals surface area contributed by atoms with Gasteiger partial charge in [-0.05, 0) is 62.7 Å². The highest BCUT2D eigenvalue weighted by Crippen LogP contribution is 2.24. The van der Waals surface area contributed by atoms with Gasteiger partial charge in [0.25, 0.3) is 10.0 Å². The number of para-hydroxylation sites is 1. The topological polar surface area (TPSA) is 86.8 Å². The Hall–Kier alpha value is -3.17. The van der Waals surface area contributed by atoms with E-state index < -0.39 is 28.5 Å². The van der Waals surface area contributed by atoms with Gasteiger partial charge >= 0.3 is 0 Å². The number of anilines is 1. The van der Waals surface area contributed by atoms with Gasteiger partial charge in [0.15, 0.2) is 0 Å². The summed E-state index contributed by atoms with van der Waals surface area (Å²) in [5.74, 6) is -0.810. The van der Waals surface area contributed by atoms with Crippen LogP contribution in [0, 0.1) is 0 Å². The molecule has 7 nitrogen and oxygen atoms in total. The van der Waals surface area contributed by atoms with E-state index in [-0.39, 0.29) is 23.4 Å². The predicted octanol–water partition coefficient (Wildman–Crippen LogP) is 4.59. The summed E-state index contributed by atoms with van der Waals surface area (Å²) in [5.41, 5.74) is 1.16. The van der Waals surface area contributed by atoms with E-state index in [1.165, 1.54) is 17.0 Å². The lowest BCUT2D eigenvalue weighted by Gasteiger charge is -2.32. The minimum Gasteiger partial charge on any atom is -0.352 e. The highest BCUT2D eigenvalue weighted by Gasteiger charge is 2.32. The van der Waals surface area contributed by atoms with Gasteiger partial charge in [-0.1, -0.05) is 64.5 Å². The summed E-state index contributed by atoms with van der Waals surface area (Å²) in [4.78, 5) is 28.1. The monoisotopic (exact) mass is 571 g/mol. The van der Waals surface area contributed by atoms with Crippen LogP contribution in [0.5, 0.6) is 0 Å². The summed E-state index contributed by atoms with van der Waals surface area (Å²) in [7, 11) is -4.05. The third kappa shape index (κ3) is 6.95. The summed E-state index contributed by atoms with van der Waals surface area (Å²) in [6, 6.07) is 23.0. The summed E-state index contributed by atoms with van der Waals surface area (Å²) < 4.78 is 29.2. The molecule has 0 saturated heterocycles. The van der Waals surface area contributed by atoms with E-state index in [4.69, 9.17) is 0 Å². The average Bonchev–Trinajstić information content (AvgIpc) is 2.86. The van der Waals surface area contributed by atoms with Crippen LogP contribution in [0.25, 0.3) is 0 Å². The van der Waals surface area contributed by atoms with Crippen molar-refractivity contribution < 1.29 is 18.0 Å². The van der Waals surface area contributed by atoms with Gasteiger partial charge in [0.1, 0.15) is 12.6 Å². The fraction of sp³-hybridized carbons (Fsp3) is 0.259. The Morgan fingerprint density at radius 1 is 0.889 bits per heavy atom. The molecule has 0 bridgehead atoms. The maximum atomic E-state index is 13.8. The van der Waals surface area contributed by atoms with E-state index in [0.717, 1.165) is 14.3 Å². The van der Waals surface area contributed by atoms with E-state index in [1.807, 2.05) is 38.1 Å². The van der Waals surface area contributed by atoms with Crippen LogP contribution in [0.15, 0.2) is 94.3 Å². The third-order valence-corrected chi connectivity index (χ3v) is 7.78. The molecule has 0 spiro atoms. The van der Waals surface area contributed by atoms with Gasteiger partial charge in [-0.2, -0.15) is 0 Å². The molecule has 2 amide bonds. The molecule has 3 aromatic rings. The number of halogens is 1. The smallest absolute Gasteiger partial charge is 0.264 e. The fourth-order valence-electron chi connectivity index (χ4n) is 3.66. The normalized spacial score (nSPS) is 12.1. The number of amides is 2. The first-order valence-corrected chi connectivity index (χ1v) is 13.8. The van der Waals surface area contributed by atoms with Crippen LogP contribution in [-0.2, 0) is 26.2 Å². The van der Waals surface area contributed by atoms with Gasteiger partial charge < -0.3 is 10.2 Å². The zero-order valence-corrected chi connectivity index (χ0v) is 22.9. The van der Waals surface area contributed by atoms with Crippen LogP contribution in [0.1, 0.15) is 26.3 Å². The number of benzene rings is 3.